The molecule has 0 aliphatic rings. The summed E-state index contributed by atoms with van der Waals surface area (Å²) in [5.41, 5.74) is 1.20. The summed E-state index contributed by atoms with van der Waals surface area (Å²) in [6.07, 6.45) is 4.75. The van der Waals surface area contributed by atoms with Crippen LogP contribution in [0.25, 0.3) is 6.08 Å². The molecule has 1 aromatic heterocycles. The fourth-order valence-electron chi connectivity index (χ4n) is 0.926. The molecule has 2 nitrogen and oxygen atoms in total. The predicted octanol–water partition coefficient (Wildman–Crippen LogP) is 2.57. The van der Waals surface area contributed by atoms with Gasteiger partial charge in [-0.15, -0.1) is 0 Å². The van der Waals surface area contributed by atoms with Crippen LogP contribution in [-0.2, 0) is 0 Å². The molecule has 1 N–H and O–H groups in total. The lowest BCUT2D eigenvalue weighted by Crippen LogP contribution is -1.90. The molecule has 0 amide bonds. The molecule has 0 aliphatic heterocycles. The van der Waals surface area contributed by atoms with E-state index in [2.05, 4.69) is 30.4 Å². The van der Waals surface area contributed by atoms with E-state index < -0.39 is 0 Å². The maximum Gasteiger partial charge on any atom is 0.129 e. The van der Waals surface area contributed by atoms with Crippen LogP contribution in [0.15, 0.2) is 12.8 Å². The summed E-state index contributed by atoms with van der Waals surface area (Å²) in [4.78, 5) is 7.31. The first-order valence-electron chi connectivity index (χ1n) is 3.95. The molecule has 0 spiro atoms. The van der Waals surface area contributed by atoms with Gasteiger partial charge in [-0.05, 0) is 18.4 Å². The molecule has 0 fully saturated rings. The van der Waals surface area contributed by atoms with Gasteiger partial charge < -0.3 is 4.98 Å². The third-order valence-corrected chi connectivity index (χ3v) is 1.95. The Morgan fingerprint density at radius 1 is 1.82 bits per heavy atom. The second kappa shape index (κ2) is 3.37. The Hall–Kier alpha value is -1.05. The van der Waals surface area contributed by atoms with Crippen LogP contribution in [0.1, 0.15) is 37.7 Å². The van der Waals surface area contributed by atoms with Gasteiger partial charge in [0, 0.05) is 11.9 Å². The maximum absolute atomic E-state index is 4.13. The Morgan fingerprint density at radius 3 is 3.00 bits per heavy atom. The van der Waals surface area contributed by atoms with E-state index in [0.29, 0.717) is 5.92 Å². The summed E-state index contributed by atoms with van der Waals surface area (Å²) in [7, 11) is 0. The minimum absolute atomic E-state index is 0.566. The quantitative estimate of drug-likeness (QED) is 0.704. The van der Waals surface area contributed by atoms with Gasteiger partial charge in [0.1, 0.15) is 5.82 Å². The van der Waals surface area contributed by atoms with E-state index in [1.807, 2.05) is 6.20 Å². The number of imidazole rings is 1. The minimum Gasteiger partial charge on any atom is -0.342 e. The second-order valence-corrected chi connectivity index (χ2v) is 2.74. The average Bonchev–Trinajstić information content (AvgIpc) is 2.50. The number of aromatic amines is 1. The van der Waals surface area contributed by atoms with Crippen molar-refractivity contribution < 1.29 is 0 Å². The van der Waals surface area contributed by atoms with E-state index >= 15 is 0 Å². The summed E-state index contributed by atoms with van der Waals surface area (Å²) in [6.45, 7) is 7.98. The molecule has 11 heavy (non-hydrogen) atoms. The highest BCUT2D eigenvalue weighted by atomic mass is 14.9. The van der Waals surface area contributed by atoms with E-state index in [1.54, 1.807) is 6.08 Å². The van der Waals surface area contributed by atoms with Gasteiger partial charge >= 0.3 is 0 Å². The number of H-pyrrole nitrogens is 1. The Labute approximate surface area is 67.4 Å². The molecule has 0 saturated carbocycles. The molecule has 1 rings (SSSR count). The summed E-state index contributed by atoms with van der Waals surface area (Å²) in [5.74, 6) is 1.43. The maximum atomic E-state index is 4.13. The van der Waals surface area contributed by atoms with Crippen molar-refractivity contribution in [1.82, 2.24) is 9.97 Å². The summed E-state index contributed by atoms with van der Waals surface area (Å²) in [6, 6.07) is 0. The Bertz CT molecular complexity index is 237. The van der Waals surface area contributed by atoms with Crippen molar-refractivity contribution in [3.8, 4) is 0 Å². The monoisotopic (exact) mass is 150 g/mol. The molecule has 0 aliphatic carbocycles. The van der Waals surface area contributed by atoms with Gasteiger partial charge in [0.2, 0.25) is 0 Å². The first-order valence-corrected chi connectivity index (χ1v) is 3.95. The van der Waals surface area contributed by atoms with Gasteiger partial charge in [0.25, 0.3) is 0 Å². The first kappa shape index (κ1) is 8.05. The smallest absolute Gasteiger partial charge is 0.129 e. The zero-order valence-electron chi connectivity index (χ0n) is 7.09. The number of rotatable bonds is 3. The van der Waals surface area contributed by atoms with Crippen molar-refractivity contribution in [2.24, 2.45) is 0 Å². The Balaban J connectivity index is 2.79. The number of hydrogen-bond acceptors (Lipinski definition) is 1. The zero-order chi connectivity index (χ0) is 8.27. The van der Waals surface area contributed by atoms with Crippen LogP contribution in [-0.4, -0.2) is 9.97 Å². The SMILES string of the molecule is C=Cc1ncc(C(C)CC)[nH]1. The molecule has 1 heterocycles. The fourth-order valence-corrected chi connectivity index (χ4v) is 0.926. The van der Waals surface area contributed by atoms with Crippen molar-refractivity contribution >= 4 is 6.08 Å². The van der Waals surface area contributed by atoms with Crippen molar-refractivity contribution in [2.45, 2.75) is 26.2 Å². The molecule has 1 unspecified atom stereocenters. The van der Waals surface area contributed by atoms with Gasteiger partial charge in [-0.1, -0.05) is 20.4 Å². The minimum atomic E-state index is 0.566. The summed E-state index contributed by atoms with van der Waals surface area (Å²) >= 11 is 0. The van der Waals surface area contributed by atoms with Crippen LogP contribution in [0.3, 0.4) is 0 Å². The summed E-state index contributed by atoms with van der Waals surface area (Å²) < 4.78 is 0. The normalized spacial score (nSPS) is 12.9. The van der Waals surface area contributed by atoms with Crippen LogP contribution < -0.4 is 0 Å². The molecule has 0 saturated heterocycles. The highest BCUT2D eigenvalue weighted by Gasteiger charge is 2.04. The lowest BCUT2D eigenvalue weighted by molar-refractivity contribution is 0.712. The summed E-state index contributed by atoms with van der Waals surface area (Å²) in [5, 5.41) is 0. The van der Waals surface area contributed by atoms with E-state index in [1.165, 1.54) is 5.69 Å². The Kier molecular flexibility index (Phi) is 2.47. The third-order valence-electron chi connectivity index (χ3n) is 1.95. The van der Waals surface area contributed by atoms with Gasteiger partial charge in [-0.25, -0.2) is 4.98 Å². The van der Waals surface area contributed by atoms with E-state index in [4.69, 9.17) is 0 Å². The molecular formula is C9H14N2. The highest BCUT2D eigenvalue weighted by Crippen LogP contribution is 2.15. The van der Waals surface area contributed by atoms with Crippen LogP contribution in [0.4, 0.5) is 0 Å². The lowest BCUT2D eigenvalue weighted by Gasteiger charge is -2.02. The largest absolute Gasteiger partial charge is 0.342 e. The molecule has 0 radical (unpaired) electrons. The number of hydrogen-bond donors (Lipinski definition) is 1. The predicted molar refractivity (Wildman–Crippen MR) is 47.4 cm³/mol. The first-order chi connectivity index (χ1) is 5.27. The van der Waals surface area contributed by atoms with Crippen LogP contribution in [0, 0.1) is 0 Å². The third kappa shape index (κ3) is 1.70. The Morgan fingerprint density at radius 2 is 2.55 bits per heavy atom. The second-order valence-electron chi connectivity index (χ2n) is 2.74. The fraction of sp³-hybridized carbons (Fsp3) is 0.444. The number of aromatic nitrogens is 2. The highest BCUT2D eigenvalue weighted by molar-refractivity contribution is 5.36. The van der Waals surface area contributed by atoms with Crippen molar-refractivity contribution in [1.29, 1.82) is 0 Å². The molecule has 1 atom stereocenters. The van der Waals surface area contributed by atoms with Gasteiger partial charge in [0.05, 0.1) is 0 Å². The zero-order valence-corrected chi connectivity index (χ0v) is 7.09. The van der Waals surface area contributed by atoms with Crippen LogP contribution >= 0.6 is 0 Å². The molecule has 0 aromatic carbocycles. The molecular weight excluding hydrogens is 136 g/mol. The molecule has 1 aromatic rings. The van der Waals surface area contributed by atoms with Crippen LogP contribution in [0.5, 0.6) is 0 Å². The molecule has 0 bridgehead atoms. The van der Waals surface area contributed by atoms with E-state index in [0.717, 1.165) is 12.2 Å². The van der Waals surface area contributed by atoms with Crippen molar-refractivity contribution in [2.75, 3.05) is 0 Å². The van der Waals surface area contributed by atoms with Crippen LogP contribution in [0.2, 0.25) is 0 Å². The van der Waals surface area contributed by atoms with Crippen molar-refractivity contribution in [3.63, 3.8) is 0 Å². The number of nitrogens with zero attached hydrogens (tertiary/aromatic N) is 1. The van der Waals surface area contributed by atoms with E-state index in [-0.39, 0.29) is 0 Å². The average molecular weight is 150 g/mol. The van der Waals surface area contributed by atoms with Crippen molar-refractivity contribution in [3.05, 3.63) is 24.3 Å². The topological polar surface area (TPSA) is 28.7 Å². The lowest BCUT2D eigenvalue weighted by atomic mass is 10.1. The standard InChI is InChI=1S/C9H14N2/c1-4-7(3)8-6-10-9(5-2)11-8/h5-7H,2,4H2,1,3H3,(H,10,11). The molecule has 60 valence electrons. The number of nitrogens with one attached hydrogen (secondary N) is 1. The van der Waals surface area contributed by atoms with Gasteiger partial charge in [-0.2, -0.15) is 0 Å². The molecule has 2 heteroatoms. The van der Waals surface area contributed by atoms with E-state index in [9.17, 15) is 0 Å². The van der Waals surface area contributed by atoms with Gasteiger partial charge in [-0.3, -0.25) is 0 Å². The van der Waals surface area contributed by atoms with Gasteiger partial charge in [0.15, 0.2) is 0 Å².